The first-order valence-electron chi connectivity index (χ1n) is 8.47. The highest BCUT2D eigenvalue weighted by atomic mass is 32.2. The van der Waals surface area contributed by atoms with Crippen molar-refractivity contribution in [2.45, 2.75) is 4.90 Å². The molecule has 0 aliphatic carbocycles. The molecule has 13 heteroatoms. The fourth-order valence-corrected chi connectivity index (χ4v) is 3.79. The highest BCUT2D eigenvalue weighted by Gasteiger charge is 2.18. The van der Waals surface area contributed by atoms with Crippen LogP contribution in [0.25, 0.3) is 0 Å². The molecule has 0 aliphatic rings. The van der Waals surface area contributed by atoms with E-state index in [1.807, 2.05) is 0 Å². The Kier molecular flexibility index (Phi) is 6.48. The Balaban J connectivity index is 1.71. The molecule has 0 saturated heterocycles. The van der Waals surface area contributed by atoms with Crippen molar-refractivity contribution in [1.82, 2.24) is 9.71 Å². The van der Waals surface area contributed by atoms with Crippen LogP contribution in [-0.2, 0) is 10.0 Å². The number of benzene rings is 2. The van der Waals surface area contributed by atoms with Crippen LogP contribution in [0.4, 0.5) is 28.8 Å². The van der Waals surface area contributed by atoms with E-state index in [1.54, 1.807) is 6.07 Å². The zero-order valence-electron chi connectivity index (χ0n) is 16.0. The predicted octanol–water partition coefficient (Wildman–Crippen LogP) is 3.93. The van der Waals surface area contributed by atoms with Crippen molar-refractivity contribution in [2.24, 2.45) is 0 Å². The van der Waals surface area contributed by atoms with Crippen molar-refractivity contribution in [3.63, 3.8) is 0 Å². The van der Waals surface area contributed by atoms with Crippen molar-refractivity contribution >= 4 is 38.2 Å². The molecule has 2 amide bonds. The second-order valence-corrected chi connectivity index (χ2v) is 8.86. The summed E-state index contributed by atoms with van der Waals surface area (Å²) in [4.78, 5) is 17.6. The summed E-state index contributed by atoms with van der Waals surface area (Å²) in [6, 6.07) is 6.46. The maximum absolute atomic E-state index is 13.3. The van der Waals surface area contributed by atoms with Crippen LogP contribution in [0.5, 0.6) is 10.8 Å². The van der Waals surface area contributed by atoms with Gasteiger partial charge in [0.15, 0.2) is 22.6 Å². The van der Waals surface area contributed by atoms with Crippen LogP contribution in [0, 0.1) is 17.5 Å². The van der Waals surface area contributed by atoms with Gasteiger partial charge < -0.3 is 4.74 Å². The zero-order chi connectivity index (χ0) is 22.8. The molecule has 0 atom stereocenters. The molecular formula is C18H15F3N4O4S2. The molecule has 0 saturated carbocycles. The first-order chi connectivity index (χ1) is 14.6. The van der Waals surface area contributed by atoms with Gasteiger partial charge in [0, 0.05) is 24.9 Å². The topological polar surface area (TPSA) is 101 Å². The van der Waals surface area contributed by atoms with Gasteiger partial charge in [-0.05, 0) is 25.2 Å². The van der Waals surface area contributed by atoms with E-state index in [9.17, 15) is 26.4 Å². The second kappa shape index (κ2) is 8.91. The van der Waals surface area contributed by atoms with Crippen molar-refractivity contribution in [2.75, 3.05) is 24.3 Å². The molecule has 0 spiro atoms. The largest absolute Gasteiger partial charge is 0.445 e. The molecule has 0 aliphatic heterocycles. The molecule has 8 nitrogen and oxygen atoms in total. The molecular weight excluding hydrogens is 457 g/mol. The average molecular weight is 472 g/mol. The molecule has 31 heavy (non-hydrogen) atoms. The van der Waals surface area contributed by atoms with Crippen LogP contribution in [-0.4, -0.2) is 33.5 Å². The minimum atomic E-state index is -3.69. The summed E-state index contributed by atoms with van der Waals surface area (Å²) >= 11 is 0.859. The monoisotopic (exact) mass is 472 g/mol. The highest BCUT2D eigenvalue weighted by Crippen LogP contribution is 2.32. The number of thiazole rings is 1. The first kappa shape index (κ1) is 22.5. The number of rotatable bonds is 6. The summed E-state index contributed by atoms with van der Waals surface area (Å²) in [5, 5.41) is 2.69. The molecule has 1 heterocycles. The van der Waals surface area contributed by atoms with E-state index in [0.29, 0.717) is 17.8 Å². The summed E-state index contributed by atoms with van der Waals surface area (Å²) in [7, 11) is -0.987. The quantitative estimate of drug-likeness (QED) is 0.530. The molecule has 2 aromatic carbocycles. The third kappa shape index (κ3) is 5.13. The Morgan fingerprint density at radius 3 is 2.48 bits per heavy atom. The van der Waals surface area contributed by atoms with E-state index in [-0.39, 0.29) is 20.8 Å². The Morgan fingerprint density at radius 1 is 1.16 bits per heavy atom. The molecule has 0 bridgehead atoms. The number of ether oxygens (including phenoxy) is 1. The number of amides is 2. The minimum Gasteiger partial charge on any atom is -0.445 e. The van der Waals surface area contributed by atoms with E-state index >= 15 is 0 Å². The summed E-state index contributed by atoms with van der Waals surface area (Å²) in [5.74, 6) is -4.70. The molecule has 0 radical (unpaired) electrons. The van der Waals surface area contributed by atoms with Crippen LogP contribution >= 0.6 is 11.3 Å². The van der Waals surface area contributed by atoms with Gasteiger partial charge in [0.05, 0.1) is 11.1 Å². The number of carbonyl (C=O) groups excluding carboxylic acids is 1. The number of sulfonamides is 1. The van der Waals surface area contributed by atoms with Gasteiger partial charge in [-0.2, -0.15) is 0 Å². The number of aromatic nitrogens is 1. The molecule has 3 aromatic rings. The van der Waals surface area contributed by atoms with Crippen LogP contribution in [0.2, 0.25) is 0 Å². The van der Waals surface area contributed by atoms with Crippen LogP contribution in [0.1, 0.15) is 0 Å². The van der Waals surface area contributed by atoms with Crippen LogP contribution in [0.15, 0.2) is 47.5 Å². The maximum Gasteiger partial charge on any atom is 0.327 e. The molecule has 1 aromatic heterocycles. The number of hydrogen-bond acceptors (Lipinski definition) is 6. The van der Waals surface area contributed by atoms with Crippen molar-refractivity contribution < 1.29 is 31.1 Å². The summed E-state index contributed by atoms with van der Waals surface area (Å²) < 4.78 is 70.9. The lowest BCUT2D eigenvalue weighted by Gasteiger charge is -2.18. The van der Waals surface area contributed by atoms with Crippen LogP contribution in [0.3, 0.4) is 0 Å². The van der Waals surface area contributed by atoms with Gasteiger partial charge in [-0.25, -0.2) is 36.1 Å². The lowest BCUT2D eigenvalue weighted by molar-refractivity contribution is 0.258. The molecule has 0 unspecified atom stereocenters. The summed E-state index contributed by atoms with van der Waals surface area (Å²) in [6.45, 7) is 0. The fraction of sp³-hybridized carbons (Fsp3) is 0.111. The van der Waals surface area contributed by atoms with E-state index in [0.717, 1.165) is 11.3 Å². The smallest absolute Gasteiger partial charge is 0.327 e. The van der Waals surface area contributed by atoms with Gasteiger partial charge in [0.25, 0.3) is 0 Å². The normalized spacial score (nSPS) is 11.3. The summed E-state index contributed by atoms with van der Waals surface area (Å²) in [5.41, 5.74) is 0.305. The highest BCUT2D eigenvalue weighted by molar-refractivity contribution is 7.89. The lowest BCUT2D eigenvalue weighted by Crippen LogP contribution is -2.31. The Bertz CT molecular complexity index is 1210. The van der Waals surface area contributed by atoms with Gasteiger partial charge in [0.1, 0.15) is 5.75 Å². The number of anilines is 2. The maximum atomic E-state index is 13.3. The van der Waals surface area contributed by atoms with E-state index in [2.05, 4.69) is 15.0 Å². The van der Waals surface area contributed by atoms with Gasteiger partial charge in [-0.1, -0.05) is 17.4 Å². The van der Waals surface area contributed by atoms with Gasteiger partial charge in [-0.15, -0.1) is 0 Å². The van der Waals surface area contributed by atoms with E-state index in [1.165, 1.54) is 43.4 Å². The number of nitrogens with one attached hydrogen (secondary N) is 2. The molecule has 3 rings (SSSR count). The van der Waals surface area contributed by atoms with Gasteiger partial charge in [-0.3, -0.25) is 10.2 Å². The average Bonchev–Trinajstić information content (AvgIpc) is 3.18. The molecule has 0 fully saturated rings. The number of hydrogen-bond donors (Lipinski definition) is 2. The first-order valence-corrected chi connectivity index (χ1v) is 10.8. The van der Waals surface area contributed by atoms with Crippen molar-refractivity contribution in [3.05, 3.63) is 60.0 Å². The number of carbonyl (C=O) groups is 1. The zero-order valence-corrected chi connectivity index (χ0v) is 17.7. The van der Waals surface area contributed by atoms with E-state index in [4.69, 9.17) is 4.74 Å². The van der Waals surface area contributed by atoms with E-state index < -0.39 is 33.5 Å². The second-order valence-electron chi connectivity index (χ2n) is 5.98. The number of halogens is 3. The summed E-state index contributed by atoms with van der Waals surface area (Å²) in [6.07, 6.45) is 1.21. The van der Waals surface area contributed by atoms with Crippen molar-refractivity contribution in [1.29, 1.82) is 0 Å². The third-order valence-electron chi connectivity index (χ3n) is 3.96. The standard InChI is InChI=1S/C18H15F3N4O4S2/c1-22-31(27,28)12-5-3-4-10(6-12)25(2)18(26)24-17-23-9-15(30-17)29-11-7-13(19)16(21)14(20)8-11/h3-9,22H,1-2H3,(H,23,24,26). The number of nitrogens with zero attached hydrogens (tertiary/aromatic N) is 2. The van der Waals surface area contributed by atoms with Crippen LogP contribution < -0.4 is 19.7 Å². The van der Waals surface area contributed by atoms with Crippen molar-refractivity contribution in [3.8, 4) is 10.8 Å². The Hall–Kier alpha value is -3.16. The molecule has 2 N–H and O–H groups in total. The Morgan fingerprint density at radius 2 is 1.84 bits per heavy atom. The predicted molar refractivity (Wildman–Crippen MR) is 109 cm³/mol. The number of urea groups is 1. The minimum absolute atomic E-state index is 0.0177. The molecule has 164 valence electrons. The van der Waals surface area contributed by atoms with Gasteiger partial charge in [0.2, 0.25) is 15.1 Å². The Labute approximate surface area is 179 Å². The third-order valence-corrected chi connectivity index (χ3v) is 6.17. The SMILES string of the molecule is CNS(=O)(=O)c1cccc(N(C)C(=O)Nc2ncc(Oc3cc(F)c(F)c(F)c3)s2)c1. The lowest BCUT2D eigenvalue weighted by atomic mass is 10.3. The fourth-order valence-electron chi connectivity index (χ4n) is 2.34. The van der Waals surface area contributed by atoms with Gasteiger partial charge >= 0.3 is 6.03 Å².